The molecule has 0 bridgehead atoms. The average Bonchev–Trinajstić information content (AvgIpc) is 3.21. The first-order chi connectivity index (χ1) is 11.6. The molecule has 1 aromatic carbocycles. The minimum atomic E-state index is 0.0347. The lowest BCUT2D eigenvalue weighted by molar-refractivity contribution is 0.0735. The van der Waals surface area contributed by atoms with Gasteiger partial charge in [0.2, 0.25) is 0 Å². The zero-order valence-corrected chi connectivity index (χ0v) is 14.1. The van der Waals surface area contributed by atoms with Gasteiger partial charge in [0.25, 0.3) is 5.91 Å². The number of carbonyl (C=O) groups excluding carboxylic acids is 1. The number of pyridine rings is 1. The Balaban J connectivity index is 1.67. The van der Waals surface area contributed by atoms with Crippen LogP contribution in [0, 0.1) is 6.92 Å². The maximum atomic E-state index is 13.0. The van der Waals surface area contributed by atoms with Crippen LogP contribution in [0.15, 0.2) is 42.6 Å². The Hall–Kier alpha value is -2.40. The van der Waals surface area contributed by atoms with Crippen molar-refractivity contribution in [2.24, 2.45) is 0 Å². The minimum Gasteiger partial charge on any atom is -0.332 e. The Morgan fingerprint density at radius 2 is 2.12 bits per heavy atom. The Labute approximate surface area is 144 Å². The highest BCUT2D eigenvalue weighted by atomic mass is 35.5. The molecule has 0 radical (unpaired) electrons. The molecular formula is C18H17ClN4O. The van der Waals surface area contributed by atoms with Crippen molar-refractivity contribution in [3.63, 3.8) is 0 Å². The first-order valence-corrected chi connectivity index (χ1v) is 8.39. The molecular weight excluding hydrogens is 324 g/mol. The number of aryl methyl sites for hydroxylation is 1. The van der Waals surface area contributed by atoms with Crippen molar-refractivity contribution >= 4 is 23.2 Å². The summed E-state index contributed by atoms with van der Waals surface area (Å²) in [6.45, 7) is 2.63. The molecule has 2 aromatic heterocycles. The smallest absolute Gasteiger partial charge is 0.255 e. The highest BCUT2D eigenvalue weighted by molar-refractivity contribution is 6.30. The van der Waals surface area contributed by atoms with Crippen LogP contribution in [0.5, 0.6) is 0 Å². The van der Waals surface area contributed by atoms with Gasteiger partial charge in [0, 0.05) is 17.8 Å². The number of fused-ring (bicyclic) bond motifs is 1. The van der Waals surface area contributed by atoms with E-state index in [1.54, 1.807) is 0 Å². The van der Waals surface area contributed by atoms with Crippen molar-refractivity contribution in [3.05, 3.63) is 64.6 Å². The first-order valence-electron chi connectivity index (χ1n) is 8.01. The fraction of sp³-hybridized carbons (Fsp3) is 0.278. The van der Waals surface area contributed by atoms with E-state index in [4.69, 9.17) is 11.6 Å². The summed E-state index contributed by atoms with van der Waals surface area (Å²) in [6.07, 6.45) is 3.77. The van der Waals surface area contributed by atoms with Gasteiger partial charge in [0.1, 0.15) is 5.82 Å². The van der Waals surface area contributed by atoms with Gasteiger partial charge in [-0.2, -0.15) is 0 Å². The number of amides is 1. The highest BCUT2D eigenvalue weighted by Gasteiger charge is 2.30. The number of likely N-dealkylation sites (tertiary alicyclic amines) is 1. The molecule has 4 rings (SSSR count). The second kappa shape index (κ2) is 5.91. The standard InChI is InChI=1S/C18H17ClN4O/c1-12-20-21-17-8-7-14(11-23(12)17)18(24)22-9-3-6-16(22)13-4-2-5-15(19)10-13/h2,4-5,7-8,10-11,16H,3,6,9H2,1H3/t16-/m1/s1. The van der Waals surface area contributed by atoms with Crippen molar-refractivity contribution in [1.29, 1.82) is 0 Å². The number of hydrogen-bond donors (Lipinski definition) is 0. The van der Waals surface area contributed by atoms with Crippen LogP contribution in [0.2, 0.25) is 5.02 Å². The molecule has 6 heteroatoms. The molecule has 5 nitrogen and oxygen atoms in total. The van der Waals surface area contributed by atoms with E-state index in [1.807, 2.05) is 58.8 Å². The van der Waals surface area contributed by atoms with Gasteiger partial charge in [-0.15, -0.1) is 10.2 Å². The van der Waals surface area contributed by atoms with Crippen molar-refractivity contribution in [3.8, 4) is 0 Å². The van der Waals surface area contributed by atoms with Crippen LogP contribution in [0.25, 0.3) is 5.65 Å². The SMILES string of the molecule is Cc1nnc2ccc(C(=O)N3CCC[C@@H]3c3cccc(Cl)c3)cn12. The molecule has 1 fully saturated rings. The van der Waals surface area contributed by atoms with Gasteiger partial charge in [0.15, 0.2) is 5.65 Å². The zero-order valence-electron chi connectivity index (χ0n) is 13.3. The maximum absolute atomic E-state index is 13.0. The van der Waals surface area contributed by atoms with Gasteiger partial charge < -0.3 is 4.90 Å². The molecule has 1 atom stereocenters. The summed E-state index contributed by atoms with van der Waals surface area (Å²) in [5, 5.41) is 8.80. The number of nitrogens with zero attached hydrogens (tertiary/aromatic N) is 4. The van der Waals surface area contributed by atoms with Crippen molar-refractivity contribution in [2.75, 3.05) is 6.54 Å². The van der Waals surface area contributed by atoms with E-state index < -0.39 is 0 Å². The number of benzene rings is 1. The Morgan fingerprint density at radius 3 is 2.96 bits per heavy atom. The molecule has 3 heterocycles. The van der Waals surface area contributed by atoms with Gasteiger partial charge in [-0.1, -0.05) is 23.7 Å². The molecule has 0 spiro atoms. The van der Waals surface area contributed by atoms with Crippen molar-refractivity contribution in [1.82, 2.24) is 19.5 Å². The van der Waals surface area contributed by atoms with Crippen molar-refractivity contribution in [2.45, 2.75) is 25.8 Å². The van der Waals surface area contributed by atoms with E-state index in [1.165, 1.54) is 0 Å². The number of carbonyl (C=O) groups is 1. The third kappa shape index (κ3) is 2.55. The van der Waals surface area contributed by atoms with E-state index in [2.05, 4.69) is 10.2 Å². The number of rotatable bonds is 2. The fourth-order valence-electron chi connectivity index (χ4n) is 3.37. The van der Waals surface area contributed by atoms with Gasteiger partial charge in [-0.05, 0) is 49.6 Å². The zero-order chi connectivity index (χ0) is 16.7. The monoisotopic (exact) mass is 340 g/mol. The number of aromatic nitrogens is 3. The fourth-order valence-corrected chi connectivity index (χ4v) is 3.57. The largest absolute Gasteiger partial charge is 0.332 e. The third-order valence-electron chi connectivity index (χ3n) is 4.57. The molecule has 122 valence electrons. The molecule has 24 heavy (non-hydrogen) atoms. The molecule has 0 aliphatic carbocycles. The summed E-state index contributed by atoms with van der Waals surface area (Å²) in [5.74, 6) is 0.805. The van der Waals surface area contributed by atoms with E-state index in [9.17, 15) is 4.79 Å². The third-order valence-corrected chi connectivity index (χ3v) is 4.80. The molecule has 1 aliphatic rings. The lowest BCUT2D eigenvalue weighted by Crippen LogP contribution is -2.30. The molecule has 1 saturated heterocycles. The topological polar surface area (TPSA) is 50.5 Å². The molecule has 1 aliphatic heterocycles. The molecule has 0 N–H and O–H groups in total. The van der Waals surface area contributed by atoms with E-state index >= 15 is 0 Å². The quantitative estimate of drug-likeness (QED) is 0.715. The predicted molar refractivity (Wildman–Crippen MR) is 92.2 cm³/mol. The summed E-state index contributed by atoms with van der Waals surface area (Å²) in [6, 6.07) is 11.5. The summed E-state index contributed by atoms with van der Waals surface area (Å²) < 4.78 is 1.84. The van der Waals surface area contributed by atoms with Crippen LogP contribution in [0.4, 0.5) is 0 Å². The summed E-state index contributed by atoms with van der Waals surface area (Å²) in [4.78, 5) is 15.0. The van der Waals surface area contributed by atoms with Crippen LogP contribution in [-0.2, 0) is 0 Å². The predicted octanol–water partition coefficient (Wildman–Crippen LogP) is 3.67. The van der Waals surface area contributed by atoms with Crippen LogP contribution >= 0.6 is 11.6 Å². The van der Waals surface area contributed by atoms with Gasteiger partial charge in [0.05, 0.1) is 11.6 Å². The van der Waals surface area contributed by atoms with Crippen LogP contribution in [0.1, 0.15) is 40.6 Å². The number of halogens is 1. The van der Waals surface area contributed by atoms with Gasteiger partial charge in [-0.3, -0.25) is 9.20 Å². The molecule has 1 amide bonds. The second-order valence-corrected chi connectivity index (χ2v) is 6.54. The molecule has 3 aromatic rings. The van der Waals surface area contributed by atoms with Crippen LogP contribution in [0.3, 0.4) is 0 Å². The van der Waals surface area contributed by atoms with E-state index in [-0.39, 0.29) is 11.9 Å². The Morgan fingerprint density at radius 1 is 1.25 bits per heavy atom. The van der Waals surface area contributed by atoms with Gasteiger partial charge >= 0.3 is 0 Å². The van der Waals surface area contributed by atoms with Crippen LogP contribution in [-0.4, -0.2) is 31.9 Å². The number of hydrogen-bond acceptors (Lipinski definition) is 3. The Bertz CT molecular complexity index is 920. The lowest BCUT2D eigenvalue weighted by atomic mass is 10.0. The van der Waals surface area contributed by atoms with Crippen molar-refractivity contribution < 1.29 is 4.79 Å². The molecule has 0 unspecified atom stereocenters. The van der Waals surface area contributed by atoms with E-state index in [0.29, 0.717) is 10.6 Å². The summed E-state index contributed by atoms with van der Waals surface area (Å²) in [7, 11) is 0. The second-order valence-electron chi connectivity index (χ2n) is 6.10. The minimum absolute atomic E-state index is 0.0347. The molecule has 0 saturated carbocycles. The summed E-state index contributed by atoms with van der Waals surface area (Å²) >= 11 is 6.12. The maximum Gasteiger partial charge on any atom is 0.255 e. The normalized spacial score (nSPS) is 17.6. The summed E-state index contributed by atoms with van der Waals surface area (Å²) in [5.41, 5.74) is 2.49. The van der Waals surface area contributed by atoms with E-state index in [0.717, 1.165) is 36.4 Å². The lowest BCUT2D eigenvalue weighted by Gasteiger charge is -2.25. The Kier molecular flexibility index (Phi) is 3.73. The highest BCUT2D eigenvalue weighted by Crippen LogP contribution is 2.34. The average molecular weight is 341 g/mol. The van der Waals surface area contributed by atoms with Crippen LogP contribution < -0.4 is 0 Å². The van der Waals surface area contributed by atoms with Gasteiger partial charge in [-0.25, -0.2) is 0 Å². The first kappa shape index (κ1) is 15.1.